The van der Waals surface area contributed by atoms with Crippen LogP contribution in [0.5, 0.6) is 0 Å². The van der Waals surface area contributed by atoms with E-state index in [0.717, 1.165) is 5.69 Å². The summed E-state index contributed by atoms with van der Waals surface area (Å²) in [5.74, 6) is -0.197. The summed E-state index contributed by atoms with van der Waals surface area (Å²) in [5.41, 5.74) is 5.82. The Labute approximate surface area is 97.5 Å². The molecule has 0 radical (unpaired) electrons. The highest BCUT2D eigenvalue weighted by atomic mass is 16.2. The van der Waals surface area contributed by atoms with Crippen molar-refractivity contribution in [1.82, 2.24) is 15.8 Å². The fourth-order valence-electron chi connectivity index (χ4n) is 1.86. The maximum atomic E-state index is 12.1. The molecule has 1 saturated heterocycles. The number of hydrogen-bond donors (Lipinski definition) is 2. The van der Waals surface area contributed by atoms with Crippen LogP contribution in [0.3, 0.4) is 0 Å². The van der Waals surface area contributed by atoms with Gasteiger partial charge in [0.05, 0.1) is 0 Å². The number of anilines is 1. The van der Waals surface area contributed by atoms with Crippen molar-refractivity contribution < 1.29 is 9.59 Å². The number of para-hydroxylation sites is 1. The molecule has 0 aromatic heterocycles. The van der Waals surface area contributed by atoms with Crippen LogP contribution >= 0.6 is 0 Å². The Bertz CT molecular complexity index is 499. The quantitative estimate of drug-likeness (QED) is 0.732. The topological polar surface area (TPSA) is 64.7 Å². The average molecular weight is 230 g/mol. The summed E-state index contributed by atoms with van der Waals surface area (Å²) in [6, 6.07) is 8.94. The summed E-state index contributed by atoms with van der Waals surface area (Å²) in [5, 5.41) is 0. The van der Waals surface area contributed by atoms with Gasteiger partial charge in [-0.2, -0.15) is 0 Å². The normalized spacial score (nSPS) is 22.7. The van der Waals surface area contributed by atoms with Gasteiger partial charge in [0.1, 0.15) is 0 Å². The van der Waals surface area contributed by atoms with E-state index in [2.05, 4.69) is 10.9 Å². The molecule has 0 saturated carbocycles. The van der Waals surface area contributed by atoms with Crippen LogP contribution in [0.25, 0.3) is 0 Å². The summed E-state index contributed by atoms with van der Waals surface area (Å²) in [4.78, 5) is 26.3. The van der Waals surface area contributed by atoms with E-state index in [1.165, 1.54) is 9.80 Å². The van der Waals surface area contributed by atoms with Gasteiger partial charge in [-0.15, -0.1) is 0 Å². The lowest BCUT2D eigenvalue weighted by Gasteiger charge is -2.29. The van der Waals surface area contributed by atoms with Gasteiger partial charge in [0.2, 0.25) is 0 Å². The molecule has 86 valence electrons. The molecule has 3 rings (SSSR count). The second-order valence-electron chi connectivity index (χ2n) is 3.73. The molecule has 1 unspecified atom stereocenters. The highest BCUT2D eigenvalue weighted by Gasteiger charge is 2.39. The number of hydrazine groups is 1. The first-order chi connectivity index (χ1) is 8.27. The Morgan fingerprint density at radius 1 is 1.06 bits per heavy atom. The molecule has 17 heavy (non-hydrogen) atoms. The lowest BCUT2D eigenvalue weighted by Crippen LogP contribution is -2.51. The molecule has 2 aliphatic heterocycles. The monoisotopic (exact) mass is 230 g/mol. The third kappa shape index (κ3) is 1.46. The number of amides is 3. The Morgan fingerprint density at radius 3 is 2.59 bits per heavy atom. The SMILES string of the molecule is O=C1C2NNC(=O)N2C=CN1c1ccccc1. The van der Waals surface area contributed by atoms with Gasteiger partial charge in [-0.3, -0.25) is 20.0 Å². The van der Waals surface area contributed by atoms with Crippen molar-refractivity contribution in [2.45, 2.75) is 6.17 Å². The van der Waals surface area contributed by atoms with Crippen LogP contribution in [0.4, 0.5) is 10.5 Å². The Morgan fingerprint density at radius 2 is 1.82 bits per heavy atom. The molecule has 6 heteroatoms. The molecular weight excluding hydrogens is 220 g/mol. The maximum Gasteiger partial charge on any atom is 0.337 e. The van der Waals surface area contributed by atoms with Crippen molar-refractivity contribution in [2.24, 2.45) is 0 Å². The molecule has 1 aromatic rings. The van der Waals surface area contributed by atoms with Crippen LogP contribution in [-0.4, -0.2) is 23.0 Å². The smallest absolute Gasteiger partial charge is 0.283 e. The van der Waals surface area contributed by atoms with Crippen LogP contribution in [0, 0.1) is 0 Å². The first kappa shape index (κ1) is 9.86. The van der Waals surface area contributed by atoms with E-state index < -0.39 is 6.17 Å². The summed E-state index contributed by atoms with van der Waals surface area (Å²) in [6.45, 7) is 0. The first-order valence-electron chi connectivity index (χ1n) is 5.18. The molecule has 1 fully saturated rings. The van der Waals surface area contributed by atoms with E-state index in [1.54, 1.807) is 12.4 Å². The van der Waals surface area contributed by atoms with Gasteiger partial charge >= 0.3 is 6.03 Å². The molecule has 1 atom stereocenters. The summed E-state index contributed by atoms with van der Waals surface area (Å²) >= 11 is 0. The van der Waals surface area contributed by atoms with Crippen LogP contribution in [0.2, 0.25) is 0 Å². The van der Waals surface area contributed by atoms with Gasteiger partial charge in [0.15, 0.2) is 6.17 Å². The number of hydrogen-bond acceptors (Lipinski definition) is 3. The number of benzene rings is 1. The lowest BCUT2D eigenvalue weighted by atomic mass is 10.2. The minimum atomic E-state index is -0.673. The minimum absolute atomic E-state index is 0.197. The first-order valence-corrected chi connectivity index (χ1v) is 5.18. The van der Waals surface area contributed by atoms with E-state index >= 15 is 0 Å². The molecule has 6 nitrogen and oxygen atoms in total. The molecule has 3 amide bonds. The van der Waals surface area contributed by atoms with Crippen molar-refractivity contribution >= 4 is 17.6 Å². The van der Waals surface area contributed by atoms with Crippen LogP contribution in [-0.2, 0) is 4.79 Å². The zero-order valence-corrected chi connectivity index (χ0v) is 8.83. The van der Waals surface area contributed by atoms with E-state index in [9.17, 15) is 9.59 Å². The van der Waals surface area contributed by atoms with Crippen LogP contribution < -0.4 is 15.8 Å². The van der Waals surface area contributed by atoms with Crippen LogP contribution in [0.15, 0.2) is 42.7 Å². The largest absolute Gasteiger partial charge is 0.337 e. The van der Waals surface area contributed by atoms with Gasteiger partial charge in [-0.1, -0.05) is 18.2 Å². The number of urea groups is 1. The summed E-state index contributed by atoms with van der Waals surface area (Å²) in [6.07, 6.45) is 2.49. The van der Waals surface area contributed by atoms with Gasteiger partial charge in [0.25, 0.3) is 5.91 Å². The van der Waals surface area contributed by atoms with Crippen molar-refractivity contribution in [3.63, 3.8) is 0 Å². The molecular formula is C11H10N4O2. The number of carbonyl (C=O) groups excluding carboxylic acids is 2. The van der Waals surface area contributed by atoms with Gasteiger partial charge in [0, 0.05) is 18.1 Å². The number of nitrogens with one attached hydrogen (secondary N) is 2. The predicted molar refractivity (Wildman–Crippen MR) is 60.4 cm³/mol. The zero-order chi connectivity index (χ0) is 11.8. The second-order valence-corrected chi connectivity index (χ2v) is 3.73. The molecule has 2 aliphatic rings. The number of nitrogens with zero attached hydrogens (tertiary/aromatic N) is 2. The standard InChI is InChI=1S/C11H10N4O2/c16-10-9-12-13-11(17)15(9)7-6-14(10)8-4-2-1-3-5-8/h1-7,9,12H,(H,13,17). The number of fused-ring (bicyclic) bond motifs is 1. The molecule has 0 spiro atoms. The summed E-state index contributed by atoms with van der Waals surface area (Å²) in [7, 11) is 0. The van der Waals surface area contributed by atoms with Gasteiger partial charge in [-0.05, 0) is 12.1 Å². The molecule has 0 bridgehead atoms. The molecule has 0 aliphatic carbocycles. The van der Waals surface area contributed by atoms with Crippen molar-refractivity contribution in [1.29, 1.82) is 0 Å². The van der Waals surface area contributed by atoms with E-state index in [0.29, 0.717) is 0 Å². The van der Waals surface area contributed by atoms with Crippen molar-refractivity contribution in [2.75, 3.05) is 4.90 Å². The fourth-order valence-corrected chi connectivity index (χ4v) is 1.86. The molecule has 2 heterocycles. The highest BCUT2D eigenvalue weighted by Crippen LogP contribution is 2.21. The second kappa shape index (κ2) is 3.60. The van der Waals surface area contributed by atoms with Gasteiger partial charge < -0.3 is 0 Å². The zero-order valence-electron chi connectivity index (χ0n) is 8.83. The highest BCUT2D eigenvalue weighted by molar-refractivity contribution is 6.02. The van der Waals surface area contributed by atoms with Gasteiger partial charge in [-0.25, -0.2) is 10.2 Å². The third-order valence-corrected chi connectivity index (χ3v) is 2.71. The summed E-state index contributed by atoms with van der Waals surface area (Å²) < 4.78 is 0. The Balaban J connectivity index is 1.95. The third-order valence-electron chi connectivity index (χ3n) is 2.71. The predicted octanol–water partition coefficient (Wildman–Crippen LogP) is 0.360. The Kier molecular flexibility index (Phi) is 2.09. The van der Waals surface area contributed by atoms with Crippen molar-refractivity contribution in [3.05, 3.63) is 42.7 Å². The number of carbonyl (C=O) groups is 2. The van der Waals surface area contributed by atoms with E-state index in [4.69, 9.17) is 0 Å². The lowest BCUT2D eigenvalue weighted by molar-refractivity contribution is -0.122. The molecule has 1 aromatic carbocycles. The maximum absolute atomic E-state index is 12.1. The van der Waals surface area contributed by atoms with E-state index in [1.807, 2.05) is 30.3 Å². The van der Waals surface area contributed by atoms with Crippen molar-refractivity contribution in [3.8, 4) is 0 Å². The van der Waals surface area contributed by atoms with E-state index in [-0.39, 0.29) is 11.9 Å². The number of rotatable bonds is 1. The molecule has 2 N–H and O–H groups in total. The fraction of sp³-hybridized carbons (Fsp3) is 0.0909. The van der Waals surface area contributed by atoms with Crippen LogP contribution in [0.1, 0.15) is 0 Å². The minimum Gasteiger partial charge on any atom is -0.283 e. The Hall–Kier alpha value is -2.34. The average Bonchev–Trinajstić information content (AvgIpc) is 2.74.